The highest BCUT2D eigenvalue weighted by atomic mass is 16.3. The van der Waals surface area contributed by atoms with Crippen LogP contribution in [0.1, 0.15) is 70.3 Å². The van der Waals surface area contributed by atoms with Crippen molar-refractivity contribution in [1.29, 1.82) is 0 Å². The lowest BCUT2D eigenvalue weighted by Crippen LogP contribution is -2.39. The Hall–Kier alpha value is -1.80. The van der Waals surface area contributed by atoms with Crippen LogP contribution in [-0.4, -0.2) is 63.6 Å². The average Bonchev–Trinajstić information content (AvgIpc) is 3.11. The Kier molecular flexibility index (Phi) is 12.8. The number of Topliss-reactive ketones (excluding diaryl/α,β-unsaturated/α-hetero) is 1. The first-order valence-electron chi connectivity index (χ1n) is 12.8. The average molecular weight is 478 g/mol. The smallest absolute Gasteiger partial charge is 0.220 e. The van der Waals surface area contributed by atoms with Gasteiger partial charge in [0.2, 0.25) is 5.91 Å². The van der Waals surface area contributed by atoms with Crippen LogP contribution in [0.2, 0.25) is 0 Å². The summed E-state index contributed by atoms with van der Waals surface area (Å²) in [4.78, 5) is 24.3. The molecule has 1 amide bonds. The first-order valence-corrected chi connectivity index (χ1v) is 12.8. The fraction of sp³-hybridized carbons (Fsp3) is 0.704. The molecule has 5 N–H and O–H groups in total. The van der Waals surface area contributed by atoms with E-state index in [1.807, 2.05) is 25.1 Å². The molecule has 1 saturated carbocycles. The third-order valence-corrected chi connectivity index (χ3v) is 7.12. The van der Waals surface area contributed by atoms with Crippen molar-refractivity contribution in [2.24, 2.45) is 17.8 Å². The van der Waals surface area contributed by atoms with E-state index in [-0.39, 0.29) is 49.1 Å². The van der Waals surface area contributed by atoms with Crippen molar-refractivity contribution >= 4 is 11.7 Å². The van der Waals surface area contributed by atoms with E-state index in [0.29, 0.717) is 25.7 Å². The fourth-order valence-electron chi connectivity index (χ4n) is 5.24. The van der Waals surface area contributed by atoms with Crippen molar-refractivity contribution in [2.45, 2.75) is 89.4 Å². The number of ketones is 1. The monoisotopic (exact) mass is 477 g/mol. The molecule has 0 bridgehead atoms. The van der Waals surface area contributed by atoms with Crippen LogP contribution < -0.4 is 5.32 Å². The van der Waals surface area contributed by atoms with E-state index in [9.17, 15) is 19.8 Å². The molecule has 5 unspecified atom stereocenters. The molecule has 1 fully saturated rings. The lowest BCUT2D eigenvalue weighted by Gasteiger charge is -2.29. The van der Waals surface area contributed by atoms with Crippen LogP contribution in [0, 0.1) is 17.8 Å². The first-order chi connectivity index (χ1) is 16.3. The molecule has 0 spiro atoms. The summed E-state index contributed by atoms with van der Waals surface area (Å²) in [5.74, 6) is -0.265. The first kappa shape index (κ1) is 28.4. The van der Waals surface area contributed by atoms with Crippen LogP contribution in [0.4, 0.5) is 0 Å². The Bertz CT molecular complexity index is 723. The van der Waals surface area contributed by atoms with Crippen LogP contribution in [0.25, 0.3) is 0 Å². The van der Waals surface area contributed by atoms with Gasteiger partial charge < -0.3 is 25.7 Å². The van der Waals surface area contributed by atoms with Gasteiger partial charge in [-0.1, -0.05) is 56.5 Å². The SMILES string of the molecule is CC(CC(O)CCc1ccccc1)C1C(O)CC(=O)C1CCCCCCC(=O)NC(CO)CO. The Morgan fingerprint density at radius 2 is 1.76 bits per heavy atom. The topological polar surface area (TPSA) is 127 Å². The van der Waals surface area contributed by atoms with Gasteiger partial charge in [0, 0.05) is 18.8 Å². The van der Waals surface area contributed by atoms with Gasteiger partial charge in [-0.05, 0) is 49.5 Å². The molecule has 0 saturated heterocycles. The van der Waals surface area contributed by atoms with Crippen LogP contribution in [-0.2, 0) is 16.0 Å². The molecule has 0 aliphatic heterocycles. The summed E-state index contributed by atoms with van der Waals surface area (Å²) < 4.78 is 0. The third-order valence-electron chi connectivity index (χ3n) is 7.12. The van der Waals surface area contributed by atoms with Crippen molar-refractivity contribution in [3.05, 3.63) is 35.9 Å². The number of unbranched alkanes of at least 4 members (excludes halogenated alkanes) is 3. The number of rotatable bonds is 16. The lowest BCUT2D eigenvalue weighted by atomic mass is 9.78. The number of aryl methyl sites for hydroxylation is 1. The minimum atomic E-state index is -0.636. The van der Waals surface area contributed by atoms with Crippen LogP contribution in [0.3, 0.4) is 0 Å². The summed E-state index contributed by atoms with van der Waals surface area (Å²) >= 11 is 0. The molecule has 1 aliphatic rings. The molecule has 192 valence electrons. The van der Waals surface area contributed by atoms with Gasteiger partial charge >= 0.3 is 0 Å². The van der Waals surface area contributed by atoms with E-state index in [1.165, 1.54) is 5.56 Å². The van der Waals surface area contributed by atoms with E-state index in [4.69, 9.17) is 10.2 Å². The van der Waals surface area contributed by atoms with Crippen LogP contribution in [0.5, 0.6) is 0 Å². The molecule has 34 heavy (non-hydrogen) atoms. The van der Waals surface area contributed by atoms with Gasteiger partial charge in [-0.15, -0.1) is 0 Å². The number of nitrogens with one attached hydrogen (secondary N) is 1. The Balaban J connectivity index is 1.71. The molecule has 7 heteroatoms. The highest BCUT2D eigenvalue weighted by Crippen LogP contribution is 2.40. The van der Waals surface area contributed by atoms with Crippen molar-refractivity contribution in [3.8, 4) is 0 Å². The van der Waals surface area contributed by atoms with Gasteiger partial charge in [0.15, 0.2) is 0 Å². The summed E-state index contributed by atoms with van der Waals surface area (Å²) in [6, 6.07) is 9.47. The van der Waals surface area contributed by atoms with E-state index < -0.39 is 18.2 Å². The van der Waals surface area contributed by atoms with E-state index in [2.05, 4.69) is 17.4 Å². The Morgan fingerprint density at radius 1 is 1.09 bits per heavy atom. The van der Waals surface area contributed by atoms with Crippen molar-refractivity contribution in [1.82, 2.24) is 5.32 Å². The van der Waals surface area contributed by atoms with Crippen LogP contribution in [0.15, 0.2) is 30.3 Å². The molecule has 0 aromatic heterocycles. The second-order valence-electron chi connectivity index (χ2n) is 9.90. The molecule has 1 aromatic rings. The van der Waals surface area contributed by atoms with E-state index >= 15 is 0 Å². The molecular formula is C27H43NO6. The summed E-state index contributed by atoms with van der Waals surface area (Å²) in [5.41, 5.74) is 1.20. The van der Waals surface area contributed by atoms with Gasteiger partial charge in [-0.3, -0.25) is 9.59 Å². The number of amides is 1. The van der Waals surface area contributed by atoms with Gasteiger partial charge in [0.25, 0.3) is 0 Å². The Morgan fingerprint density at radius 3 is 2.44 bits per heavy atom. The van der Waals surface area contributed by atoms with Gasteiger partial charge in [0.1, 0.15) is 5.78 Å². The van der Waals surface area contributed by atoms with Crippen molar-refractivity contribution < 1.29 is 30.0 Å². The zero-order valence-electron chi connectivity index (χ0n) is 20.4. The number of carbonyl (C=O) groups excluding carboxylic acids is 2. The lowest BCUT2D eigenvalue weighted by molar-refractivity contribution is -0.123. The Labute approximate surface area is 203 Å². The number of aliphatic hydroxyl groups excluding tert-OH is 4. The van der Waals surface area contributed by atoms with E-state index in [1.54, 1.807) is 0 Å². The number of hydrogen-bond donors (Lipinski definition) is 5. The van der Waals surface area contributed by atoms with Gasteiger partial charge in [-0.25, -0.2) is 0 Å². The molecule has 1 aromatic carbocycles. The second kappa shape index (κ2) is 15.2. The number of aliphatic hydroxyl groups is 4. The maximum atomic E-state index is 12.5. The zero-order valence-corrected chi connectivity index (χ0v) is 20.4. The summed E-state index contributed by atoms with van der Waals surface area (Å²) in [7, 11) is 0. The maximum Gasteiger partial charge on any atom is 0.220 e. The minimum Gasteiger partial charge on any atom is -0.394 e. The molecule has 0 radical (unpaired) electrons. The third kappa shape index (κ3) is 9.45. The summed E-state index contributed by atoms with van der Waals surface area (Å²) in [6.45, 7) is 1.47. The molecule has 1 aliphatic carbocycles. The maximum absolute atomic E-state index is 12.5. The molecule has 2 rings (SSSR count). The minimum absolute atomic E-state index is 0.0620. The molecule has 5 atom stereocenters. The summed E-state index contributed by atoms with van der Waals surface area (Å²) in [5, 5.41) is 41.7. The standard InChI is InChI=1S/C27H43NO6/c1-19(15-22(31)14-13-20-9-5-4-6-10-20)27-23(24(32)16-25(27)33)11-7-2-3-8-12-26(34)28-21(17-29)18-30/h4-6,9-10,19,21-23,25,27,29-31,33H,2-3,7-8,11-18H2,1H3,(H,28,34). The van der Waals surface area contributed by atoms with Crippen molar-refractivity contribution in [2.75, 3.05) is 13.2 Å². The molecule has 0 heterocycles. The highest BCUT2D eigenvalue weighted by molar-refractivity contribution is 5.84. The van der Waals surface area contributed by atoms with E-state index in [0.717, 1.165) is 32.1 Å². The normalized spacial score (nSPS) is 22.2. The highest BCUT2D eigenvalue weighted by Gasteiger charge is 2.43. The zero-order chi connectivity index (χ0) is 24.9. The number of carbonyl (C=O) groups is 2. The summed E-state index contributed by atoms with van der Waals surface area (Å²) in [6.07, 6.45) is 5.58. The number of benzene rings is 1. The van der Waals surface area contributed by atoms with Crippen molar-refractivity contribution in [3.63, 3.8) is 0 Å². The predicted octanol–water partition coefficient (Wildman–Crippen LogP) is 2.38. The molecular weight excluding hydrogens is 434 g/mol. The largest absolute Gasteiger partial charge is 0.394 e. The predicted molar refractivity (Wildman–Crippen MR) is 131 cm³/mol. The second-order valence-corrected chi connectivity index (χ2v) is 9.90. The van der Waals surface area contributed by atoms with Gasteiger partial charge in [-0.2, -0.15) is 0 Å². The van der Waals surface area contributed by atoms with Crippen LogP contribution >= 0.6 is 0 Å². The quantitative estimate of drug-likeness (QED) is 0.233. The number of hydrogen-bond acceptors (Lipinski definition) is 6. The van der Waals surface area contributed by atoms with Gasteiger partial charge in [0.05, 0.1) is 31.5 Å². The molecule has 7 nitrogen and oxygen atoms in total. The fourth-order valence-corrected chi connectivity index (χ4v) is 5.24.